The van der Waals surface area contributed by atoms with Crippen molar-refractivity contribution in [2.75, 3.05) is 0 Å². The van der Waals surface area contributed by atoms with E-state index in [9.17, 15) is 9.90 Å². The van der Waals surface area contributed by atoms with Crippen LogP contribution in [0.25, 0.3) is 0 Å². The van der Waals surface area contributed by atoms with Crippen molar-refractivity contribution in [3.63, 3.8) is 0 Å². The van der Waals surface area contributed by atoms with Crippen molar-refractivity contribution in [3.8, 4) is 0 Å². The lowest BCUT2D eigenvalue weighted by Crippen LogP contribution is -2.59. The Labute approximate surface area is 161 Å². The summed E-state index contributed by atoms with van der Waals surface area (Å²) in [7, 11) is 0. The molecule has 1 heterocycles. The van der Waals surface area contributed by atoms with E-state index in [4.69, 9.17) is 17.0 Å². The molecule has 1 aromatic carbocycles. The van der Waals surface area contributed by atoms with Crippen molar-refractivity contribution in [1.29, 1.82) is 0 Å². The average Bonchev–Trinajstić information content (AvgIpc) is 3.12. The highest BCUT2D eigenvalue weighted by Crippen LogP contribution is 2.66. The van der Waals surface area contributed by atoms with Gasteiger partial charge in [-0.25, -0.2) is 0 Å². The van der Waals surface area contributed by atoms with Crippen LogP contribution in [0.2, 0.25) is 0 Å². The Balaban J connectivity index is 1.66. The number of ether oxygens (including phenoxy) is 1. The van der Waals surface area contributed by atoms with Crippen LogP contribution >= 0.6 is 28.1 Å². The fourth-order valence-electron chi connectivity index (χ4n) is 5.26. The molecule has 1 aliphatic heterocycles. The molecule has 2 aliphatic carbocycles. The van der Waals surface area contributed by atoms with Crippen LogP contribution in [0.15, 0.2) is 30.3 Å². The van der Waals surface area contributed by atoms with Crippen LogP contribution in [0.5, 0.6) is 0 Å². The molecule has 1 saturated heterocycles. The van der Waals surface area contributed by atoms with E-state index in [0.717, 1.165) is 19.3 Å². The molecule has 4 nitrogen and oxygen atoms in total. The van der Waals surface area contributed by atoms with Crippen molar-refractivity contribution < 1.29 is 14.6 Å². The van der Waals surface area contributed by atoms with E-state index >= 15 is 0 Å². The number of thiocarbonyl (C=S) groups is 1. The maximum Gasteiger partial charge on any atom is 0.267 e. The normalized spacial score (nSPS) is 34.6. The SMILES string of the molecule is CC1(C)C2CCC13C(C2)OC(=S)N3C(=O)[C@H](Br)[C@@H](O)c1ccccc1. The molecule has 3 aliphatic rings. The van der Waals surface area contributed by atoms with Crippen molar-refractivity contribution in [1.82, 2.24) is 4.90 Å². The van der Waals surface area contributed by atoms with Crippen molar-refractivity contribution >= 4 is 39.2 Å². The number of benzene rings is 1. The van der Waals surface area contributed by atoms with E-state index in [-0.39, 0.29) is 28.1 Å². The molecule has 1 spiro atoms. The zero-order valence-electron chi connectivity index (χ0n) is 14.3. The van der Waals surface area contributed by atoms with E-state index in [1.54, 1.807) is 4.90 Å². The van der Waals surface area contributed by atoms with Crippen LogP contribution in [-0.4, -0.2) is 37.6 Å². The van der Waals surface area contributed by atoms with Gasteiger partial charge in [-0.15, -0.1) is 0 Å². The van der Waals surface area contributed by atoms with Gasteiger partial charge in [0.25, 0.3) is 5.17 Å². The smallest absolute Gasteiger partial charge is 0.267 e. The molecule has 1 amide bonds. The molecule has 134 valence electrons. The predicted molar refractivity (Wildman–Crippen MR) is 102 cm³/mol. The Morgan fingerprint density at radius 1 is 1.40 bits per heavy atom. The Morgan fingerprint density at radius 3 is 2.72 bits per heavy atom. The van der Waals surface area contributed by atoms with Crippen LogP contribution in [0.4, 0.5) is 0 Å². The maximum absolute atomic E-state index is 13.3. The van der Waals surface area contributed by atoms with Gasteiger partial charge in [-0.05, 0) is 48.4 Å². The number of carbonyl (C=O) groups excluding carboxylic acids is 1. The zero-order chi connectivity index (χ0) is 18.0. The van der Waals surface area contributed by atoms with Gasteiger partial charge in [0.05, 0.1) is 5.54 Å². The third kappa shape index (κ3) is 2.20. The molecule has 3 unspecified atom stereocenters. The monoisotopic (exact) mass is 423 g/mol. The highest BCUT2D eigenvalue weighted by Gasteiger charge is 2.73. The second kappa shape index (κ2) is 5.76. The number of fused-ring (bicyclic) bond motifs is 1. The minimum Gasteiger partial charge on any atom is -0.465 e. The summed E-state index contributed by atoms with van der Waals surface area (Å²) in [6.07, 6.45) is 1.99. The fraction of sp³-hybridized carbons (Fsp3) is 0.579. The minimum absolute atomic E-state index is 0.0220. The molecule has 6 heteroatoms. The van der Waals surface area contributed by atoms with Crippen LogP contribution in [0, 0.1) is 11.3 Å². The number of hydrogen-bond donors (Lipinski definition) is 1. The summed E-state index contributed by atoms with van der Waals surface area (Å²) in [5.74, 6) is 0.336. The Hall–Kier alpha value is -0.980. The van der Waals surface area contributed by atoms with Crippen molar-refractivity contribution in [2.45, 2.75) is 55.7 Å². The van der Waals surface area contributed by atoms with Gasteiger partial charge in [0.1, 0.15) is 17.0 Å². The maximum atomic E-state index is 13.3. The highest BCUT2D eigenvalue weighted by atomic mass is 79.9. The van der Waals surface area contributed by atoms with Gasteiger partial charge in [-0.1, -0.05) is 60.1 Å². The first-order valence-electron chi connectivity index (χ1n) is 8.72. The highest BCUT2D eigenvalue weighted by molar-refractivity contribution is 9.10. The molecule has 25 heavy (non-hydrogen) atoms. The number of alkyl halides is 1. The zero-order valence-corrected chi connectivity index (χ0v) is 16.7. The summed E-state index contributed by atoms with van der Waals surface area (Å²) in [6, 6.07) is 9.22. The molecule has 0 radical (unpaired) electrons. The number of aliphatic hydroxyl groups is 1. The first-order chi connectivity index (χ1) is 11.8. The number of aliphatic hydroxyl groups excluding tert-OH is 1. The first-order valence-corrected chi connectivity index (χ1v) is 10.0. The van der Waals surface area contributed by atoms with E-state index in [2.05, 4.69) is 29.8 Å². The molecule has 4 rings (SSSR count). The summed E-state index contributed by atoms with van der Waals surface area (Å²) in [5, 5.41) is 10.9. The lowest BCUT2D eigenvalue weighted by Gasteiger charge is -2.43. The molecular weight excluding hydrogens is 402 g/mol. The third-order valence-corrected chi connectivity index (χ3v) is 7.91. The number of nitrogens with zero attached hydrogens (tertiary/aromatic N) is 1. The van der Waals surface area contributed by atoms with Crippen molar-refractivity contribution in [2.24, 2.45) is 11.3 Å². The quantitative estimate of drug-likeness (QED) is 0.596. The van der Waals surface area contributed by atoms with Gasteiger partial charge in [0.2, 0.25) is 5.91 Å². The van der Waals surface area contributed by atoms with Crippen LogP contribution in [0.3, 0.4) is 0 Å². The Morgan fingerprint density at radius 2 is 2.08 bits per heavy atom. The Bertz CT molecular complexity index is 725. The second-order valence-electron chi connectivity index (χ2n) is 7.92. The van der Waals surface area contributed by atoms with Crippen LogP contribution in [0.1, 0.15) is 44.8 Å². The topological polar surface area (TPSA) is 49.8 Å². The minimum atomic E-state index is -0.936. The summed E-state index contributed by atoms with van der Waals surface area (Å²) in [6.45, 7) is 4.44. The van der Waals surface area contributed by atoms with Crippen LogP contribution < -0.4 is 0 Å². The van der Waals surface area contributed by atoms with E-state index in [1.165, 1.54) is 0 Å². The fourth-order valence-corrected chi connectivity index (χ4v) is 6.14. The van der Waals surface area contributed by atoms with Gasteiger partial charge < -0.3 is 9.84 Å². The van der Waals surface area contributed by atoms with E-state index in [1.807, 2.05) is 30.3 Å². The number of hydrogen-bond acceptors (Lipinski definition) is 4. The van der Waals surface area contributed by atoms with Gasteiger partial charge >= 0.3 is 0 Å². The van der Waals surface area contributed by atoms with Gasteiger partial charge in [0, 0.05) is 0 Å². The third-order valence-electron chi connectivity index (χ3n) is 6.74. The van der Waals surface area contributed by atoms with Gasteiger partial charge in [0.15, 0.2) is 0 Å². The molecular formula is C19H22BrNO3S. The molecule has 3 fully saturated rings. The predicted octanol–water partition coefficient (Wildman–Crippen LogP) is 3.57. The lowest BCUT2D eigenvalue weighted by molar-refractivity contribution is -0.134. The van der Waals surface area contributed by atoms with Crippen LogP contribution in [-0.2, 0) is 9.53 Å². The van der Waals surface area contributed by atoms with Crippen molar-refractivity contribution in [3.05, 3.63) is 35.9 Å². The average molecular weight is 424 g/mol. The summed E-state index contributed by atoms with van der Waals surface area (Å²) < 4.78 is 5.95. The number of halogens is 1. The van der Waals surface area contributed by atoms with E-state index < -0.39 is 10.9 Å². The Kier molecular flexibility index (Phi) is 4.02. The second-order valence-corrected chi connectivity index (χ2v) is 9.26. The van der Waals surface area contributed by atoms with Gasteiger partial charge in [-0.3, -0.25) is 9.69 Å². The standard InChI is InChI=1S/C19H22BrNO3S/c1-18(2)12-8-9-19(18)13(10-12)24-17(25)21(19)16(23)14(20)15(22)11-6-4-3-5-7-11/h3-7,12-15,22H,8-10H2,1-2H3/t12?,13?,14-,15+,19?/m1/s1. The largest absolute Gasteiger partial charge is 0.465 e. The molecule has 2 bridgehead atoms. The molecule has 5 atom stereocenters. The summed E-state index contributed by atoms with van der Waals surface area (Å²) in [5.41, 5.74) is 0.278. The summed E-state index contributed by atoms with van der Waals surface area (Å²) in [4.78, 5) is 14.3. The summed E-state index contributed by atoms with van der Waals surface area (Å²) >= 11 is 8.86. The number of amides is 1. The molecule has 1 aromatic rings. The molecule has 0 aromatic heterocycles. The van der Waals surface area contributed by atoms with Gasteiger partial charge in [-0.2, -0.15) is 0 Å². The van der Waals surface area contributed by atoms with E-state index in [0.29, 0.717) is 11.5 Å². The number of carbonyl (C=O) groups is 1. The molecule has 2 saturated carbocycles. The molecule has 1 N–H and O–H groups in total. The first kappa shape index (κ1) is 17.4. The number of rotatable bonds is 3. The lowest BCUT2D eigenvalue weighted by atomic mass is 9.74.